The molecule has 0 unspecified atom stereocenters. The van der Waals surface area contributed by atoms with Crippen molar-refractivity contribution in [1.82, 2.24) is 9.88 Å². The standard InChI is InChI=1S/C25H35N3O4/c1-25(2,3)32-24(30)28-12-9-17(10-13-28)11-14-31-19-7-8-21-20(15-19)22(16-26-21)27-23(29)18-5-4-6-18/h7-8,15-18,26H,4-6,9-14H2,1-3H3,(H,27,29). The van der Waals surface area contributed by atoms with Gasteiger partial charge in [0.2, 0.25) is 5.91 Å². The summed E-state index contributed by atoms with van der Waals surface area (Å²) < 4.78 is 11.5. The van der Waals surface area contributed by atoms with Gasteiger partial charge in [0.1, 0.15) is 11.4 Å². The van der Waals surface area contributed by atoms with Gasteiger partial charge in [0.25, 0.3) is 0 Å². The molecule has 2 aliphatic rings. The number of benzene rings is 1. The third-order valence-corrected chi connectivity index (χ3v) is 6.45. The zero-order valence-electron chi connectivity index (χ0n) is 19.4. The highest BCUT2D eigenvalue weighted by atomic mass is 16.6. The van der Waals surface area contributed by atoms with E-state index in [4.69, 9.17) is 9.47 Å². The summed E-state index contributed by atoms with van der Waals surface area (Å²) in [4.78, 5) is 29.5. The molecule has 0 atom stereocenters. The van der Waals surface area contributed by atoms with Crippen LogP contribution in [0.3, 0.4) is 0 Å². The highest BCUT2D eigenvalue weighted by Gasteiger charge is 2.27. The Hall–Kier alpha value is -2.70. The third-order valence-electron chi connectivity index (χ3n) is 6.45. The van der Waals surface area contributed by atoms with Crippen LogP contribution in [0.15, 0.2) is 24.4 Å². The van der Waals surface area contributed by atoms with Gasteiger partial charge in [-0.3, -0.25) is 4.79 Å². The molecule has 0 bridgehead atoms. The maximum atomic E-state index is 12.3. The van der Waals surface area contributed by atoms with Crippen LogP contribution in [-0.4, -0.2) is 47.2 Å². The topological polar surface area (TPSA) is 83.7 Å². The molecule has 4 rings (SSSR count). The first-order chi connectivity index (χ1) is 15.3. The van der Waals surface area contributed by atoms with Crippen LogP contribution in [0.4, 0.5) is 10.5 Å². The third kappa shape index (κ3) is 5.56. The summed E-state index contributed by atoms with van der Waals surface area (Å²) in [5.74, 6) is 1.62. The minimum Gasteiger partial charge on any atom is -0.494 e. The summed E-state index contributed by atoms with van der Waals surface area (Å²) in [6.45, 7) is 7.79. The number of carbonyl (C=O) groups excluding carboxylic acids is 2. The second-order valence-electron chi connectivity index (χ2n) is 10.1. The van der Waals surface area contributed by atoms with E-state index in [-0.39, 0.29) is 17.9 Å². The van der Waals surface area contributed by atoms with Gasteiger partial charge in [0.05, 0.1) is 12.3 Å². The van der Waals surface area contributed by atoms with Crippen molar-refractivity contribution in [2.75, 3.05) is 25.0 Å². The Labute approximate surface area is 189 Å². The number of likely N-dealkylation sites (tertiary alicyclic amines) is 1. The molecule has 7 heteroatoms. The Balaban J connectivity index is 1.24. The summed E-state index contributed by atoms with van der Waals surface area (Å²) >= 11 is 0. The maximum absolute atomic E-state index is 12.3. The number of rotatable bonds is 6. The van der Waals surface area contributed by atoms with Crippen LogP contribution >= 0.6 is 0 Å². The summed E-state index contributed by atoms with van der Waals surface area (Å²) in [5.41, 5.74) is 1.34. The number of nitrogens with one attached hydrogen (secondary N) is 2. The minimum absolute atomic E-state index is 0.112. The van der Waals surface area contributed by atoms with Crippen LogP contribution in [0.1, 0.15) is 59.3 Å². The number of hydrogen-bond acceptors (Lipinski definition) is 4. The van der Waals surface area contributed by atoms with E-state index in [0.29, 0.717) is 12.5 Å². The normalized spacial score (nSPS) is 17.8. The van der Waals surface area contributed by atoms with Gasteiger partial charge in [0.15, 0.2) is 0 Å². The van der Waals surface area contributed by atoms with Crippen LogP contribution in [0.25, 0.3) is 10.9 Å². The van der Waals surface area contributed by atoms with Crippen LogP contribution in [0, 0.1) is 11.8 Å². The molecule has 1 aromatic carbocycles. The van der Waals surface area contributed by atoms with Crippen molar-refractivity contribution < 1.29 is 19.1 Å². The van der Waals surface area contributed by atoms with Crippen molar-refractivity contribution in [2.24, 2.45) is 11.8 Å². The van der Waals surface area contributed by atoms with Gasteiger partial charge in [-0.05, 0) is 77.0 Å². The molecule has 7 nitrogen and oxygen atoms in total. The predicted molar refractivity (Wildman–Crippen MR) is 125 cm³/mol. The lowest BCUT2D eigenvalue weighted by Gasteiger charge is -2.33. The number of amides is 2. The van der Waals surface area contributed by atoms with E-state index < -0.39 is 5.60 Å². The second kappa shape index (κ2) is 9.43. The molecule has 1 saturated heterocycles. The average Bonchev–Trinajstić information content (AvgIpc) is 3.08. The molecule has 0 spiro atoms. The van der Waals surface area contributed by atoms with Crippen LogP contribution in [-0.2, 0) is 9.53 Å². The van der Waals surface area contributed by atoms with Gasteiger partial charge in [0, 0.05) is 36.1 Å². The van der Waals surface area contributed by atoms with Gasteiger partial charge in [-0.15, -0.1) is 0 Å². The maximum Gasteiger partial charge on any atom is 0.410 e. The van der Waals surface area contributed by atoms with Gasteiger partial charge in [-0.25, -0.2) is 4.79 Å². The van der Waals surface area contributed by atoms with Crippen molar-refractivity contribution in [2.45, 2.75) is 64.9 Å². The number of ether oxygens (including phenoxy) is 2. The summed E-state index contributed by atoms with van der Waals surface area (Å²) in [5, 5.41) is 4.03. The van der Waals surface area contributed by atoms with Crippen molar-refractivity contribution in [1.29, 1.82) is 0 Å². The molecular weight excluding hydrogens is 406 g/mol. The average molecular weight is 442 g/mol. The van der Waals surface area contributed by atoms with E-state index >= 15 is 0 Å². The molecule has 0 radical (unpaired) electrons. The Bertz CT molecular complexity index is 950. The van der Waals surface area contributed by atoms with Crippen molar-refractivity contribution >= 4 is 28.6 Å². The quantitative estimate of drug-likeness (QED) is 0.635. The van der Waals surface area contributed by atoms with Crippen molar-refractivity contribution in [3.63, 3.8) is 0 Å². The molecule has 1 saturated carbocycles. The fourth-order valence-electron chi connectivity index (χ4n) is 4.27. The Morgan fingerprint density at radius 1 is 1.16 bits per heavy atom. The number of piperidine rings is 1. The van der Waals surface area contributed by atoms with E-state index in [1.54, 1.807) is 0 Å². The van der Waals surface area contributed by atoms with Crippen LogP contribution in [0.2, 0.25) is 0 Å². The largest absolute Gasteiger partial charge is 0.494 e. The van der Waals surface area contributed by atoms with Gasteiger partial charge < -0.3 is 24.7 Å². The summed E-state index contributed by atoms with van der Waals surface area (Å²) in [7, 11) is 0. The highest BCUT2D eigenvalue weighted by molar-refractivity contribution is 6.02. The van der Waals surface area contributed by atoms with Gasteiger partial charge in [-0.1, -0.05) is 6.42 Å². The molecule has 2 heterocycles. The Morgan fingerprint density at radius 2 is 1.91 bits per heavy atom. The zero-order valence-corrected chi connectivity index (χ0v) is 19.4. The summed E-state index contributed by atoms with van der Waals surface area (Å²) in [6.07, 6.45) is 7.64. The molecule has 2 N–H and O–H groups in total. The number of aromatic amines is 1. The molecule has 1 aromatic heterocycles. The number of H-pyrrole nitrogens is 1. The van der Waals surface area contributed by atoms with Crippen LogP contribution < -0.4 is 10.1 Å². The lowest BCUT2D eigenvalue weighted by atomic mass is 9.85. The molecule has 2 aromatic rings. The first-order valence-corrected chi connectivity index (χ1v) is 11.8. The smallest absolute Gasteiger partial charge is 0.410 e. The number of anilines is 1. The zero-order chi connectivity index (χ0) is 22.7. The fourth-order valence-corrected chi connectivity index (χ4v) is 4.27. The van der Waals surface area contributed by atoms with Gasteiger partial charge in [-0.2, -0.15) is 0 Å². The predicted octanol–water partition coefficient (Wildman–Crippen LogP) is 5.32. The lowest BCUT2D eigenvalue weighted by Crippen LogP contribution is -2.41. The Morgan fingerprint density at radius 3 is 2.56 bits per heavy atom. The second-order valence-corrected chi connectivity index (χ2v) is 10.1. The Kier molecular flexibility index (Phi) is 6.63. The van der Waals surface area contributed by atoms with Gasteiger partial charge >= 0.3 is 6.09 Å². The molecule has 1 aliphatic heterocycles. The monoisotopic (exact) mass is 441 g/mol. The number of hydrogen-bond donors (Lipinski definition) is 2. The van der Waals surface area contributed by atoms with Crippen LogP contribution in [0.5, 0.6) is 5.75 Å². The van der Waals surface area contributed by atoms with E-state index in [1.165, 1.54) is 0 Å². The van der Waals surface area contributed by atoms with E-state index in [2.05, 4.69) is 10.3 Å². The molecule has 174 valence electrons. The SMILES string of the molecule is CC(C)(C)OC(=O)N1CCC(CCOc2ccc3[nH]cc(NC(=O)C4CCC4)c3c2)CC1. The number of nitrogens with zero attached hydrogens (tertiary/aromatic N) is 1. The van der Waals surface area contributed by atoms with Crippen molar-refractivity contribution in [3.05, 3.63) is 24.4 Å². The summed E-state index contributed by atoms with van der Waals surface area (Å²) in [6, 6.07) is 5.94. The van der Waals surface area contributed by atoms with Crippen molar-refractivity contribution in [3.8, 4) is 5.75 Å². The first-order valence-electron chi connectivity index (χ1n) is 11.8. The molecule has 1 aliphatic carbocycles. The first kappa shape index (κ1) is 22.5. The van der Waals surface area contributed by atoms with E-state index in [0.717, 1.165) is 74.0 Å². The number of carbonyl (C=O) groups is 2. The lowest BCUT2D eigenvalue weighted by molar-refractivity contribution is -0.122. The molecular formula is C25H35N3O4. The van der Waals surface area contributed by atoms with E-state index in [9.17, 15) is 9.59 Å². The molecule has 32 heavy (non-hydrogen) atoms. The highest BCUT2D eigenvalue weighted by Crippen LogP contribution is 2.31. The molecule has 2 fully saturated rings. The van der Waals surface area contributed by atoms with E-state index in [1.807, 2.05) is 50.1 Å². The number of aromatic nitrogens is 1. The minimum atomic E-state index is -0.456. The number of fused-ring (bicyclic) bond motifs is 1. The molecule has 2 amide bonds. The fraction of sp³-hybridized carbons (Fsp3) is 0.600.